The number of aromatic nitrogens is 4. The molecule has 0 unspecified atom stereocenters. The van der Waals surface area contributed by atoms with Crippen LogP contribution < -0.4 is 20.1 Å². The maximum atomic E-state index is 14.0. The molecule has 0 saturated carbocycles. The van der Waals surface area contributed by atoms with Crippen LogP contribution >= 0.6 is 0 Å². The zero-order chi connectivity index (χ0) is 63.1. The van der Waals surface area contributed by atoms with E-state index >= 15 is 0 Å². The molecule has 0 spiro atoms. The number of unbranched alkanes of at least 4 members (excludes halogenated alkanes) is 2. The van der Waals surface area contributed by atoms with Crippen LogP contribution in [0.3, 0.4) is 0 Å². The summed E-state index contributed by atoms with van der Waals surface area (Å²) in [6.45, 7) is 19.2. The summed E-state index contributed by atoms with van der Waals surface area (Å²) >= 11 is 0. The highest BCUT2D eigenvalue weighted by molar-refractivity contribution is 5.92. The molecule has 464 valence electrons. The number of carbonyl (C=O) groups is 6. The normalized spacial score (nSPS) is 19.7. The van der Waals surface area contributed by atoms with Crippen molar-refractivity contribution in [2.24, 2.45) is 10.8 Å². The molecule has 0 radical (unpaired) electrons. The van der Waals surface area contributed by atoms with Crippen LogP contribution in [0.15, 0.2) is 122 Å². The minimum atomic E-state index is -0.971. The van der Waals surface area contributed by atoms with Crippen LogP contribution in [-0.2, 0) is 38.1 Å². The highest BCUT2D eigenvalue weighted by Gasteiger charge is 2.48. The average molecular weight is 1200 g/mol. The van der Waals surface area contributed by atoms with Crippen LogP contribution in [0.1, 0.15) is 104 Å². The molecule has 4 bridgehead atoms. The van der Waals surface area contributed by atoms with Crippen molar-refractivity contribution in [1.29, 1.82) is 0 Å². The molecule has 6 atom stereocenters. The van der Waals surface area contributed by atoms with Gasteiger partial charge in [-0.05, 0) is 96.9 Å². The van der Waals surface area contributed by atoms with E-state index in [4.69, 9.17) is 48.4 Å². The molecule has 88 heavy (non-hydrogen) atoms. The van der Waals surface area contributed by atoms with Gasteiger partial charge in [0, 0.05) is 24.0 Å². The van der Waals surface area contributed by atoms with Gasteiger partial charge in [0.25, 0.3) is 0 Å². The molecule has 2 aromatic heterocycles. The summed E-state index contributed by atoms with van der Waals surface area (Å²) in [5.74, 6) is -1.39. The van der Waals surface area contributed by atoms with E-state index in [1.165, 1.54) is 24.0 Å². The van der Waals surface area contributed by atoms with E-state index in [0.717, 1.165) is 53.5 Å². The zero-order valence-electron chi connectivity index (χ0n) is 51.5. The van der Waals surface area contributed by atoms with Crippen LogP contribution in [0, 0.1) is 10.8 Å². The van der Waals surface area contributed by atoms with Crippen molar-refractivity contribution in [2.45, 2.75) is 129 Å². The van der Waals surface area contributed by atoms with Gasteiger partial charge in [0.1, 0.15) is 47.8 Å². The van der Waals surface area contributed by atoms with Gasteiger partial charge in [-0.3, -0.25) is 9.59 Å². The van der Waals surface area contributed by atoms with Gasteiger partial charge in [0.05, 0.1) is 62.6 Å². The summed E-state index contributed by atoms with van der Waals surface area (Å²) in [6.07, 6.45) is 10.2. The highest BCUT2D eigenvalue weighted by atomic mass is 16.6. The number of esters is 2. The summed E-state index contributed by atoms with van der Waals surface area (Å²) in [4.78, 5) is 102. The van der Waals surface area contributed by atoms with Crippen LogP contribution in [0.5, 0.6) is 11.8 Å². The van der Waals surface area contributed by atoms with E-state index in [2.05, 4.69) is 35.9 Å². The largest absolute Gasteiger partial charge is 0.471 e. The summed E-state index contributed by atoms with van der Waals surface area (Å²) in [5.41, 5.74) is 6.01. The predicted octanol–water partition coefficient (Wildman–Crippen LogP) is 11.1. The molecule has 20 heteroatoms. The van der Waals surface area contributed by atoms with Crippen molar-refractivity contribution < 1.29 is 57.2 Å². The summed E-state index contributed by atoms with van der Waals surface area (Å²) in [5, 5.41) is 5.48. The number of para-hydroxylation sites is 4. The second-order valence-corrected chi connectivity index (χ2v) is 24.0. The molecule has 2 fully saturated rings. The molecule has 4 amide bonds. The Hall–Kier alpha value is -9.20. The standard InChI is InChI=1S/C35H42N4O6.C33H38N4O6/c1-7-9-10-13-19-44-34(42)38-30(35(3,4)5)32(40)39-22-25(21-28(39)33(41)43-6)45-31-29(24-16-14-15-23(8-2)20-24)36-26-17-11-12-18-27(26)37-31;1-33(2,3)28-30(38)37-20-23(19-26(37)31(39)41-4)43-29-27(34-24-15-8-9-16-25(24)35-29)22-14-11-13-21(18-22)12-7-5-6-10-17-42-32(40)36-28/h7-8,11-12,14-18,20,25,28,30H,1-2,9-10,13,19,21-22H2,3-6H3,(H,38,42);7-9,11-16,18,23,26,28H,5-6,10,17,19-20H2,1-4H3,(H,36,40)/b;12-7+/t25-,28+,30-;23-,26+,28-/m11/s1. The molecule has 2 saturated heterocycles. The van der Waals surface area contributed by atoms with Gasteiger partial charge in [-0.15, -0.1) is 6.58 Å². The number of hydrogen-bond donors (Lipinski definition) is 2. The predicted molar refractivity (Wildman–Crippen MR) is 336 cm³/mol. The fourth-order valence-electron chi connectivity index (χ4n) is 10.7. The van der Waals surface area contributed by atoms with Crippen LogP contribution in [0.2, 0.25) is 0 Å². The zero-order valence-corrected chi connectivity index (χ0v) is 51.5. The third-order valence-corrected chi connectivity index (χ3v) is 15.3. The number of allylic oxidation sites excluding steroid dienone is 2. The Morgan fingerprint density at radius 1 is 0.761 bits per heavy atom. The minimum Gasteiger partial charge on any atom is -0.471 e. The molecule has 2 N–H and O–H groups in total. The number of hydrogen-bond acceptors (Lipinski definition) is 16. The maximum absolute atomic E-state index is 14.0. The first-order valence-electron chi connectivity index (χ1n) is 29.8. The number of alkyl carbamates (subject to hydrolysis) is 2. The van der Waals surface area contributed by atoms with E-state index in [-0.39, 0.29) is 45.0 Å². The number of rotatable bonds is 13. The van der Waals surface area contributed by atoms with E-state index in [1.807, 2.05) is 145 Å². The number of ether oxygens (including phenoxy) is 6. The van der Waals surface area contributed by atoms with Crippen LogP contribution in [0.25, 0.3) is 56.7 Å². The van der Waals surface area contributed by atoms with E-state index in [9.17, 15) is 28.8 Å². The van der Waals surface area contributed by atoms with Gasteiger partial charge in [0.2, 0.25) is 23.6 Å². The Labute approximate surface area is 514 Å². The van der Waals surface area contributed by atoms with Gasteiger partial charge in [-0.2, -0.15) is 0 Å². The lowest BCUT2D eigenvalue weighted by Crippen LogP contribution is -2.57. The number of nitrogens with zero attached hydrogens (tertiary/aromatic N) is 6. The number of likely N-dealkylation sites (tertiary alicyclic amines) is 1. The number of nitrogens with one attached hydrogen (secondary N) is 2. The van der Waals surface area contributed by atoms with Gasteiger partial charge < -0.3 is 48.9 Å². The monoisotopic (exact) mass is 1200 g/mol. The van der Waals surface area contributed by atoms with Crippen LogP contribution in [-0.4, -0.2) is 143 Å². The van der Waals surface area contributed by atoms with Gasteiger partial charge in [0.15, 0.2) is 0 Å². The van der Waals surface area contributed by atoms with Crippen molar-refractivity contribution in [3.8, 4) is 34.3 Å². The first kappa shape index (κ1) is 64.8. The molecule has 6 aromatic rings. The molecule has 3 aliphatic heterocycles. The Balaban J connectivity index is 0.000000228. The van der Waals surface area contributed by atoms with E-state index in [1.54, 1.807) is 6.08 Å². The number of carbonyl (C=O) groups excluding carboxylic acids is 6. The second kappa shape index (κ2) is 29.5. The first-order valence-corrected chi connectivity index (χ1v) is 29.8. The van der Waals surface area contributed by atoms with Crippen molar-refractivity contribution in [3.63, 3.8) is 0 Å². The number of benzene rings is 4. The third kappa shape index (κ3) is 16.4. The van der Waals surface area contributed by atoms with Crippen LogP contribution in [0.4, 0.5) is 9.59 Å². The first-order chi connectivity index (χ1) is 42.2. The fraction of sp³-hybridized carbons (Fsp3) is 0.412. The summed E-state index contributed by atoms with van der Waals surface area (Å²) < 4.78 is 33.8. The quantitative estimate of drug-likeness (QED) is 0.0473. The molecule has 9 rings (SSSR count). The Morgan fingerprint density at radius 2 is 1.41 bits per heavy atom. The average Bonchev–Trinajstić information content (AvgIpc) is 1.69. The minimum absolute atomic E-state index is 0.0735. The Morgan fingerprint density at radius 3 is 2.07 bits per heavy atom. The van der Waals surface area contributed by atoms with Gasteiger partial charge in [-0.1, -0.05) is 133 Å². The lowest BCUT2D eigenvalue weighted by atomic mass is 9.85. The van der Waals surface area contributed by atoms with E-state index in [0.29, 0.717) is 46.7 Å². The third-order valence-electron chi connectivity index (χ3n) is 15.3. The molecule has 3 aliphatic rings. The van der Waals surface area contributed by atoms with Gasteiger partial charge in [-0.25, -0.2) is 39.1 Å². The topological polar surface area (TPSA) is 240 Å². The summed E-state index contributed by atoms with van der Waals surface area (Å²) in [6, 6.07) is 27.0. The molecular weight excluding hydrogens is 1120 g/mol. The Bertz CT molecular complexity index is 3540. The molecule has 0 aliphatic carbocycles. The molecule has 4 aromatic carbocycles. The van der Waals surface area contributed by atoms with Gasteiger partial charge >= 0.3 is 24.1 Å². The number of fused-ring (bicyclic) bond motifs is 8. The summed E-state index contributed by atoms with van der Waals surface area (Å²) in [7, 11) is 2.57. The number of cyclic esters (lactones) is 1. The molecule has 5 heterocycles. The smallest absolute Gasteiger partial charge is 0.407 e. The molecule has 20 nitrogen and oxygen atoms in total. The second-order valence-electron chi connectivity index (χ2n) is 24.0. The lowest BCUT2D eigenvalue weighted by Gasteiger charge is -2.34. The number of amides is 4. The van der Waals surface area contributed by atoms with Crippen molar-refractivity contribution in [2.75, 3.05) is 40.5 Å². The van der Waals surface area contributed by atoms with E-state index < -0.39 is 83.1 Å². The highest BCUT2D eigenvalue weighted by Crippen LogP contribution is 2.36. The molecular formula is C68H80N8O12. The number of methoxy groups -OCH3 is 2. The van der Waals surface area contributed by atoms with Crippen molar-refractivity contribution in [3.05, 3.63) is 133 Å². The fourth-order valence-corrected chi connectivity index (χ4v) is 10.7. The van der Waals surface area contributed by atoms with Crippen molar-refractivity contribution >= 4 is 70.2 Å². The lowest BCUT2D eigenvalue weighted by molar-refractivity contribution is -0.152. The maximum Gasteiger partial charge on any atom is 0.407 e. The Kier molecular flexibility index (Phi) is 21.7. The van der Waals surface area contributed by atoms with Crippen molar-refractivity contribution in [1.82, 2.24) is 40.4 Å². The SMILES string of the molecule is C=CCCCCOC(=O)N[C@H](C(=O)N1C[C@H](Oc2nc3ccccc3nc2-c2cccc(C=C)c2)C[C@H]1C(=O)OC)C(C)(C)C.COC(=O)[C@@H]1C[C@@H]2CN1C(=O)[C@H](C(C)(C)C)NC(=O)OCCCC/C=C/c1cccc(c1)-c1nc3ccccc3nc1O2.